The van der Waals surface area contributed by atoms with E-state index in [0.29, 0.717) is 0 Å². The molecule has 0 saturated heterocycles. The Morgan fingerprint density at radius 1 is 1.22 bits per heavy atom. The minimum atomic E-state index is -3.68. The van der Waals surface area contributed by atoms with Gasteiger partial charge >= 0.3 is 0 Å². The summed E-state index contributed by atoms with van der Waals surface area (Å²) in [5, 5.41) is 0. The van der Waals surface area contributed by atoms with Gasteiger partial charge in [-0.15, -0.1) is 0 Å². The van der Waals surface area contributed by atoms with Gasteiger partial charge in [-0.1, -0.05) is 6.07 Å². The average Bonchev–Trinajstić information content (AvgIpc) is 2.29. The van der Waals surface area contributed by atoms with E-state index in [2.05, 4.69) is 14.7 Å². The first-order chi connectivity index (χ1) is 8.47. The predicted molar refractivity (Wildman–Crippen MR) is 68.4 cm³/mol. The summed E-state index contributed by atoms with van der Waals surface area (Å²) >= 11 is 0. The van der Waals surface area contributed by atoms with Crippen LogP contribution in [0.15, 0.2) is 41.4 Å². The second kappa shape index (κ2) is 4.61. The van der Waals surface area contributed by atoms with Gasteiger partial charge in [0.15, 0.2) is 0 Å². The molecule has 0 fully saturated rings. The summed E-state index contributed by atoms with van der Waals surface area (Å²) in [7, 11) is -3.68. The molecule has 0 radical (unpaired) electrons. The van der Waals surface area contributed by atoms with Crippen molar-refractivity contribution in [1.82, 2.24) is 9.97 Å². The Labute approximate surface area is 105 Å². The molecule has 2 aromatic heterocycles. The van der Waals surface area contributed by atoms with Crippen molar-refractivity contribution in [1.29, 1.82) is 0 Å². The highest BCUT2D eigenvalue weighted by molar-refractivity contribution is 7.92. The van der Waals surface area contributed by atoms with Gasteiger partial charge in [-0.2, -0.15) is 0 Å². The van der Waals surface area contributed by atoms with Crippen molar-refractivity contribution in [2.75, 3.05) is 10.5 Å². The SMILES string of the molecule is Cc1cccc(NS(=O)(=O)c2ccc(N)nc2)n1. The Hall–Kier alpha value is -2.15. The molecule has 0 bridgehead atoms. The molecule has 18 heavy (non-hydrogen) atoms. The van der Waals surface area contributed by atoms with Gasteiger partial charge in [0, 0.05) is 11.9 Å². The Morgan fingerprint density at radius 2 is 2.00 bits per heavy atom. The molecule has 3 N–H and O–H groups in total. The molecule has 6 nitrogen and oxygen atoms in total. The fourth-order valence-corrected chi connectivity index (χ4v) is 2.29. The molecule has 94 valence electrons. The van der Waals surface area contributed by atoms with E-state index in [4.69, 9.17) is 5.73 Å². The van der Waals surface area contributed by atoms with Gasteiger partial charge in [-0.3, -0.25) is 4.72 Å². The Bertz CT molecular complexity index is 653. The number of nitrogens with zero attached hydrogens (tertiary/aromatic N) is 2. The molecule has 0 aromatic carbocycles. The lowest BCUT2D eigenvalue weighted by Gasteiger charge is -2.07. The van der Waals surface area contributed by atoms with E-state index >= 15 is 0 Å². The monoisotopic (exact) mass is 264 g/mol. The van der Waals surface area contributed by atoms with Crippen molar-refractivity contribution >= 4 is 21.7 Å². The molecular weight excluding hydrogens is 252 g/mol. The zero-order valence-corrected chi connectivity index (χ0v) is 10.5. The van der Waals surface area contributed by atoms with E-state index < -0.39 is 10.0 Å². The van der Waals surface area contributed by atoms with Crippen molar-refractivity contribution in [2.45, 2.75) is 11.8 Å². The highest BCUT2D eigenvalue weighted by atomic mass is 32.2. The first kappa shape index (κ1) is 12.3. The first-order valence-corrected chi connectivity index (χ1v) is 6.64. The van der Waals surface area contributed by atoms with E-state index in [1.807, 2.05) is 0 Å². The van der Waals surface area contributed by atoms with E-state index in [9.17, 15) is 8.42 Å². The van der Waals surface area contributed by atoms with E-state index in [1.54, 1.807) is 25.1 Å². The van der Waals surface area contributed by atoms with Gasteiger partial charge in [-0.25, -0.2) is 18.4 Å². The molecule has 0 spiro atoms. The number of hydrogen-bond acceptors (Lipinski definition) is 5. The third kappa shape index (κ3) is 2.75. The van der Waals surface area contributed by atoms with Crippen LogP contribution in [0.1, 0.15) is 5.69 Å². The molecule has 0 unspecified atom stereocenters. The lowest BCUT2D eigenvalue weighted by atomic mass is 10.4. The molecule has 2 rings (SSSR count). The third-order valence-electron chi connectivity index (χ3n) is 2.20. The quantitative estimate of drug-likeness (QED) is 0.867. The highest BCUT2D eigenvalue weighted by Gasteiger charge is 2.14. The molecule has 0 saturated carbocycles. The van der Waals surface area contributed by atoms with Crippen molar-refractivity contribution in [2.24, 2.45) is 0 Å². The fourth-order valence-electron chi connectivity index (χ4n) is 1.35. The fraction of sp³-hybridized carbons (Fsp3) is 0.0909. The summed E-state index contributed by atoms with van der Waals surface area (Å²) in [6, 6.07) is 7.90. The molecular formula is C11H12N4O2S. The Balaban J connectivity index is 2.30. The molecule has 0 aliphatic carbocycles. The third-order valence-corrected chi connectivity index (χ3v) is 3.54. The summed E-state index contributed by atoms with van der Waals surface area (Å²) in [4.78, 5) is 7.85. The van der Waals surface area contributed by atoms with Crippen LogP contribution in [0.3, 0.4) is 0 Å². The standard InChI is InChI=1S/C11H12N4O2S/c1-8-3-2-4-11(14-8)15-18(16,17)9-5-6-10(12)13-7-9/h2-7H,1H3,(H2,12,13)(H,14,15). The molecule has 2 heterocycles. The smallest absolute Gasteiger partial charge is 0.264 e. The zero-order chi connectivity index (χ0) is 13.2. The Morgan fingerprint density at radius 3 is 2.61 bits per heavy atom. The molecule has 0 aliphatic rings. The van der Waals surface area contributed by atoms with Crippen LogP contribution in [0.25, 0.3) is 0 Å². The normalized spacial score (nSPS) is 11.2. The van der Waals surface area contributed by atoms with Crippen LogP contribution >= 0.6 is 0 Å². The molecule has 2 aromatic rings. The number of rotatable bonds is 3. The van der Waals surface area contributed by atoms with Gasteiger partial charge in [0.05, 0.1) is 0 Å². The minimum absolute atomic E-state index is 0.0417. The number of aryl methyl sites for hydroxylation is 1. The number of nitrogens with one attached hydrogen (secondary N) is 1. The van der Waals surface area contributed by atoms with Crippen molar-refractivity contribution in [3.8, 4) is 0 Å². The number of anilines is 2. The minimum Gasteiger partial charge on any atom is -0.384 e. The molecule has 0 atom stereocenters. The highest BCUT2D eigenvalue weighted by Crippen LogP contribution is 2.14. The van der Waals surface area contributed by atoms with Crippen LogP contribution in [0.4, 0.5) is 11.6 Å². The van der Waals surface area contributed by atoms with Crippen LogP contribution in [0.5, 0.6) is 0 Å². The van der Waals surface area contributed by atoms with E-state index in [-0.39, 0.29) is 16.5 Å². The van der Waals surface area contributed by atoms with Gasteiger partial charge in [0.2, 0.25) is 0 Å². The van der Waals surface area contributed by atoms with E-state index in [0.717, 1.165) is 5.69 Å². The van der Waals surface area contributed by atoms with Gasteiger partial charge in [-0.05, 0) is 31.2 Å². The lowest BCUT2D eigenvalue weighted by molar-refractivity contribution is 0.600. The largest absolute Gasteiger partial charge is 0.384 e. The second-order valence-electron chi connectivity index (χ2n) is 3.69. The average molecular weight is 264 g/mol. The van der Waals surface area contributed by atoms with Crippen LogP contribution < -0.4 is 10.5 Å². The predicted octanol–water partition coefficient (Wildman–Crippen LogP) is 1.17. The summed E-state index contributed by atoms with van der Waals surface area (Å²) in [6.45, 7) is 1.78. The molecule has 0 aliphatic heterocycles. The van der Waals surface area contributed by atoms with Crippen LogP contribution in [0.2, 0.25) is 0 Å². The van der Waals surface area contributed by atoms with Gasteiger partial charge in [0.1, 0.15) is 16.5 Å². The summed E-state index contributed by atoms with van der Waals surface area (Å²) in [6.07, 6.45) is 1.20. The van der Waals surface area contributed by atoms with E-state index in [1.165, 1.54) is 18.3 Å². The number of nitrogen functional groups attached to an aromatic ring is 1. The summed E-state index contributed by atoms with van der Waals surface area (Å²) < 4.78 is 26.4. The maximum absolute atomic E-state index is 12.0. The number of hydrogen-bond donors (Lipinski definition) is 2. The van der Waals surface area contributed by atoms with Crippen LogP contribution in [-0.4, -0.2) is 18.4 Å². The topological polar surface area (TPSA) is 98.0 Å². The van der Waals surface area contributed by atoms with Crippen molar-refractivity contribution in [3.05, 3.63) is 42.2 Å². The first-order valence-electron chi connectivity index (χ1n) is 5.15. The van der Waals surface area contributed by atoms with Gasteiger partial charge in [0.25, 0.3) is 10.0 Å². The number of nitrogens with two attached hydrogens (primary N) is 1. The van der Waals surface area contributed by atoms with Gasteiger partial charge < -0.3 is 5.73 Å². The second-order valence-corrected chi connectivity index (χ2v) is 5.37. The zero-order valence-electron chi connectivity index (χ0n) is 9.66. The maximum atomic E-state index is 12.0. The molecule has 0 amide bonds. The number of aromatic nitrogens is 2. The van der Waals surface area contributed by atoms with Crippen molar-refractivity contribution in [3.63, 3.8) is 0 Å². The number of pyridine rings is 2. The number of sulfonamides is 1. The summed E-state index contributed by atoms with van der Waals surface area (Å²) in [5.74, 6) is 0.537. The van der Waals surface area contributed by atoms with Crippen LogP contribution in [0, 0.1) is 6.92 Å². The molecule has 7 heteroatoms. The van der Waals surface area contributed by atoms with Crippen molar-refractivity contribution < 1.29 is 8.42 Å². The van der Waals surface area contributed by atoms with Crippen LogP contribution in [-0.2, 0) is 10.0 Å². The summed E-state index contributed by atoms with van der Waals surface area (Å²) in [5.41, 5.74) is 6.13. The lowest BCUT2D eigenvalue weighted by Crippen LogP contribution is -2.14. The Kier molecular flexibility index (Phi) is 3.15. The maximum Gasteiger partial charge on any atom is 0.264 e.